The lowest BCUT2D eigenvalue weighted by molar-refractivity contribution is 0.253. The third-order valence-corrected chi connectivity index (χ3v) is 4.58. The third kappa shape index (κ3) is 1.49. The molecular formula is C15H21N. The van der Waals surface area contributed by atoms with Crippen molar-refractivity contribution in [3.05, 3.63) is 34.9 Å². The summed E-state index contributed by atoms with van der Waals surface area (Å²) in [6.45, 7) is 2.35. The van der Waals surface area contributed by atoms with Crippen LogP contribution in [0.1, 0.15) is 61.6 Å². The molecule has 86 valence electrons. The summed E-state index contributed by atoms with van der Waals surface area (Å²) < 4.78 is 0. The van der Waals surface area contributed by atoms with E-state index in [9.17, 15) is 0 Å². The smallest absolute Gasteiger partial charge is 0.0409 e. The molecule has 0 spiro atoms. The van der Waals surface area contributed by atoms with Crippen LogP contribution in [0.15, 0.2) is 18.2 Å². The Hall–Kier alpha value is -0.820. The van der Waals surface area contributed by atoms with E-state index >= 15 is 0 Å². The van der Waals surface area contributed by atoms with Gasteiger partial charge in [0.25, 0.3) is 0 Å². The summed E-state index contributed by atoms with van der Waals surface area (Å²) in [5.74, 6) is 0.729. The molecule has 0 aliphatic heterocycles. The van der Waals surface area contributed by atoms with Gasteiger partial charge in [-0.2, -0.15) is 0 Å². The SMILES string of the molecule is CC1CCCc2ccc(C3(N)CCC3)cc21. The third-order valence-electron chi connectivity index (χ3n) is 4.58. The molecule has 3 rings (SSSR count). The first-order chi connectivity index (χ1) is 7.69. The standard InChI is InChI=1S/C15H21N/c1-11-4-2-5-12-6-7-13(10-14(11)12)15(16)8-3-9-15/h6-7,10-11H,2-5,8-9,16H2,1H3. The first-order valence-electron chi connectivity index (χ1n) is 6.61. The van der Waals surface area contributed by atoms with E-state index in [1.54, 1.807) is 11.1 Å². The summed E-state index contributed by atoms with van der Waals surface area (Å²) in [6, 6.07) is 7.00. The highest BCUT2D eigenvalue weighted by atomic mass is 14.8. The van der Waals surface area contributed by atoms with Gasteiger partial charge in [-0.25, -0.2) is 0 Å². The molecule has 0 amide bonds. The van der Waals surface area contributed by atoms with Gasteiger partial charge in [0.2, 0.25) is 0 Å². The van der Waals surface area contributed by atoms with E-state index < -0.39 is 0 Å². The molecule has 1 aromatic carbocycles. The first kappa shape index (κ1) is 10.3. The largest absolute Gasteiger partial charge is 0.321 e. The molecule has 1 heteroatoms. The average Bonchev–Trinajstić information content (AvgIpc) is 2.26. The quantitative estimate of drug-likeness (QED) is 0.762. The maximum Gasteiger partial charge on any atom is 0.0409 e. The van der Waals surface area contributed by atoms with Crippen LogP contribution in [0.25, 0.3) is 0 Å². The average molecular weight is 215 g/mol. The van der Waals surface area contributed by atoms with Crippen LogP contribution in [0.2, 0.25) is 0 Å². The lowest BCUT2D eigenvalue weighted by Crippen LogP contribution is -2.43. The Balaban J connectivity index is 2.00. The van der Waals surface area contributed by atoms with E-state index in [0.717, 1.165) is 5.92 Å². The predicted octanol–water partition coefficient (Wildman–Crippen LogP) is 3.46. The molecule has 1 unspecified atom stereocenters. The molecule has 1 nitrogen and oxygen atoms in total. The van der Waals surface area contributed by atoms with Crippen LogP contribution < -0.4 is 5.73 Å². The Morgan fingerprint density at radius 3 is 2.75 bits per heavy atom. The van der Waals surface area contributed by atoms with Crippen LogP contribution in [0.3, 0.4) is 0 Å². The zero-order valence-corrected chi connectivity index (χ0v) is 10.1. The van der Waals surface area contributed by atoms with Crippen LogP contribution in [-0.2, 0) is 12.0 Å². The fourth-order valence-corrected chi connectivity index (χ4v) is 3.19. The van der Waals surface area contributed by atoms with Gasteiger partial charge in [-0.3, -0.25) is 0 Å². The molecule has 16 heavy (non-hydrogen) atoms. The van der Waals surface area contributed by atoms with Crippen molar-refractivity contribution < 1.29 is 0 Å². The predicted molar refractivity (Wildman–Crippen MR) is 67.5 cm³/mol. The van der Waals surface area contributed by atoms with Gasteiger partial charge in [0.15, 0.2) is 0 Å². The van der Waals surface area contributed by atoms with Gasteiger partial charge in [-0.05, 0) is 61.1 Å². The number of aryl methyl sites for hydroxylation is 1. The minimum Gasteiger partial charge on any atom is -0.321 e. The molecule has 2 aliphatic rings. The molecule has 2 N–H and O–H groups in total. The van der Waals surface area contributed by atoms with Gasteiger partial charge in [-0.1, -0.05) is 25.1 Å². The normalized spacial score (nSPS) is 27.0. The second-order valence-electron chi connectivity index (χ2n) is 5.72. The summed E-state index contributed by atoms with van der Waals surface area (Å²) in [5, 5.41) is 0. The number of hydrogen-bond donors (Lipinski definition) is 1. The lowest BCUT2D eigenvalue weighted by atomic mass is 9.71. The molecule has 1 atom stereocenters. The first-order valence-corrected chi connectivity index (χ1v) is 6.61. The fraction of sp³-hybridized carbons (Fsp3) is 0.600. The van der Waals surface area contributed by atoms with Crippen molar-refractivity contribution in [1.82, 2.24) is 0 Å². The van der Waals surface area contributed by atoms with Gasteiger partial charge in [-0.15, -0.1) is 0 Å². The van der Waals surface area contributed by atoms with Crippen LogP contribution in [0.4, 0.5) is 0 Å². The van der Waals surface area contributed by atoms with Crippen LogP contribution >= 0.6 is 0 Å². The van der Waals surface area contributed by atoms with Gasteiger partial charge in [0, 0.05) is 5.54 Å². The van der Waals surface area contributed by atoms with E-state index in [0.29, 0.717) is 0 Å². The molecule has 1 saturated carbocycles. The summed E-state index contributed by atoms with van der Waals surface area (Å²) in [6.07, 6.45) is 7.58. The van der Waals surface area contributed by atoms with Crippen molar-refractivity contribution in [3.8, 4) is 0 Å². The molecule has 2 aliphatic carbocycles. The minimum atomic E-state index is 0.00615. The highest BCUT2D eigenvalue weighted by Gasteiger charge is 2.34. The van der Waals surface area contributed by atoms with Crippen molar-refractivity contribution in [3.63, 3.8) is 0 Å². The highest BCUT2D eigenvalue weighted by molar-refractivity contribution is 5.39. The molecular weight excluding hydrogens is 194 g/mol. The fourth-order valence-electron chi connectivity index (χ4n) is 3.19. The molecule has 0 aromatic heterocycles. The second kappa shape index (κ2) is 3.59. The van der Waals surface area contributed by atoms with Gasteiger partial charge in [0.05, 0.1) is 0 Å². The van der Waals surface area contributed by atoms with E-state index in [1.807, 2.05) is 0 Å². The zero-order chi connectivity index (χ0) is 11.2. The summed E-state index contributed by atoms with van der Waals surface area (Å²) in [5.41, 5.74) is 10.9. The van der Waals surface area contributed by atoms with E-state index in [1.165, 1.54) is 44.1 Å². The Morgan fingerprint density at radius 2 is 2.06 bits per heavy atom. The number of nitrogens with two attached hydrogens (primary N) is 1. The van der Waals surface area contributed by atoms with Crippen molar-refractivity contribution >= 4 is 0 Å². The summed E-state index contributed by atoms with van der Waals surface area (Å²) >= 11 is 0. The Labute approximate surface area is 98.0 Å². The maximum atomic E-state index is 6.40. The number of hydrogen-bond acceptors (Lipinski definition) is 1. The number of rotatable bonds is 1. The van der Waals surface area contributed by atoms with Gasteiger partial charge in [0.1, 0.15) is 0 Å². The van der Waals surface area contributed by atoms with E-state index in [2.05, 4.69) is 25.1 Å². The summed E-state index contributed by atoms with van der Waals surface area (Å²) in [4.78, 5) is 0. The van der Waals surface area contributed by atoms with E-state index in [4.69, 9.17) is 5.73 Å². The highest BCUT2D eigenvalue weighted by Crippen LogP contribution is 2.41. The Bertz CT molecular complexity index is 404. The van der Waals surface area contributed by atoms with Crippen LogP contribution in [0.5, 0.6) is 0 Å². The zero-order valence-electron chi connectivity index (χ0n) is 10.1. The minimum absolute atomic E-state index is 0.00615. The topological polar surface area (TPSA) is 26.0 Å². The Kier molecular flexibility index (Phi) is 2.32. The van der Waals surface area contributed by atoms with E-state index in [-0.39, 0.29) is 5.54 Å². The van der Waals surface area contributed by atoms with Crippen LogP contribution in [0, 0.1) is 0 Å². The lowest BCUT2D eigenvalue weighted by Gasteiger charge is -2.39. The molecule has 0 saturated heterocycles. The molecule has 0 heterocycles. The Morgan fingerprint density at radius 1 is 1.25 bits per heavy atom. The van der Waals surface area contributed by atoms with Crippen molar-refractivity contribution in [2.75, 3.05) is 0 Å². The monoisotopic (exact) mass is 215 g/mol. The van der Waals surface area contributed by atoms with Crippen molar-refractivity contribution in [2.45, 2.75) is 56.9 Å². The molecule has 1 aromatic rings. The van der Waals surface area contributed by atoms with Crippen LogP contribution in [-0.4, -0.2) is 0 Å². The summed E-state index contributed by atoms with van der Waals surface area (Å²) in [7, 11) is 0. The molecule has 1 fully saturated rings. The second-order valence-corrected chi connectivity index (χ2v) is 5.72. The van der Waals surface area contributed by atoms with Gasteiger partial charge < -0.3 is 5.73 Å². The molecule has 0 radical (unpaired) electrons. The number of benzene rings is 1. The van der Waals surface area contributed by atoms with Crippen molar-refractivity contribution in [2.24, 2.45) is 5.73 Å². The molecule has 0 bridgehead atoms. The van der Waals surface area contributed by atoms with Gasteiger partial charge >= 0.3 is 0 Å². The number of fused-ring (bicyclic) bond motifs is 1. The van der Waals surface area contributed by atoms with Crippen molar-refractivity contribution in [1.29, 1.82) is 0 Å². The maximum absolute atomic E-state index is 6.40.